The summed E-state index contributed by atoms with van der Waals surface area (Å²) in [4.78, 5) is 0. The third kappa shape index (κ3) is 3.64. The molecule has 0 fully saturated rings. The summed E-state index contributed by atoms with van der Waals surface area (Å²) >= 11 is 0. The SMILES string of the molecule is Cc1ccc(PC(C)(C)c2ccccc2O)c(C(C)O)c1. The molecule has 2 aromatic carbocycles. The molecule has 21 heavy (non-hydrogen) atoms. The fourth-order valence-corrected chi connectivity index (χ4v) is 4.16. The minimum atomic E-state index is -0.479. The van der Waals surface area contributed by atoms with Crippen LogP contribution in [0.2, 0.25) is 0 Å². The van der Waals surface area contributed by atoms with Crippen LogP contribution < -0.4 is 5.30 Å². The van der Waals surface area contributed by atoms with Crippen LogP contribution in [0.1, 0.15) is 43.6 Å². The summed E-state index contributed by atoms with van der Waals surface area (Å²) in [5, 5.41) is 21.1. The summed E-state index contributed by atoms with van der Waals surface area (Å²) in [5.74, 6) is 0.334. The van der Waals surface area contributed by atoms with Crippen LogP contribution in [0.4, 0.5) is 0 Å². The van der Waals surface area contributed by atoms with Crippen molar-refractivity contribution in [1.29, 1.82) is 0 Å². The summed E-state index contributed by atoms with van der Waals surface area (Å²) in [5.41, 5.74) is 3.08. The second-order valence-corrected chi connectivity index (χ2v) is 8.07. The van der Waals surface area contributed by atoms with Gasteiger partial charge in [-0.15, -0.1) is 0 Å². The van der Waals surface area contributed by atoms with Crippen molar-refractivity contribution in [3.63, 3.8) is 0 Å². The van der Waals surface area contributed by atoms with Gasteiger partial charge in [0.25, 0.3) is 0 Å². The maximum atomic E-state index is 10.1. The van der Waals surface area contributed by atoms with Gasteiger partial charge in [-0.2, -0.15) is 0 Å². The van der Waals surface area contributed by atoms with Crippen LogP contribution in [0, 0.1) is 6.92 Å². The Labute approximate surface area is 128 Å². The monoisotopic (exact) mass is 302 g/mol. The Bertz CT molecular complexity index is 633. The average molecular weight is 302 g/mol. The first kappa shape index (κ1) is 16.0. The van der Waals surface area contributed by atoms with Crippen molar-refractivity contribution in [3.05, 3.63) is 59.2 Å². The molecule has 0 amide bonds. The van der Waals surface area contributed by atoms with E-state index >= 15 is 0 Å². The standard InChI is InChI=1S/C18H23O2P/c1-12-9-10-17(14(11-12)13(2)19)21-18(3,4)15-7-5-6-8-16(15)20/h5-11,13,19-21H,1-4H3. The first-order chi connectivity index (χ1) is 9.81. The highest BCUT2D eigenvalue weighted by molar-refractivity contribution is 7.48. The number of phenols is 1. The topological polar surface area (TPSA) is 40.5 Å². The molecule has 2 atom stereocenters. The number of hydrogen-bond donors (Lipinski definition) is 2. The van der Waals surface area contributed by atoms with E-state index in [-0.39, 0.29) is 5.16 Å². The highest BCUT2D eigenvalue weighted by Gasteiger charge is 2.25. The fourth-order valence-electron chi connectivity index (χ4n) is 2.55. The molecule has 2 aromatic rings. The summed E-state index contributed by atoms with van der Waals surface area (Å²) in [6.07, 6.45) is -0.479. The fraction of sp³-hybridized carbons (Fsp3) is 0.333. The molecule has 2 nitrogen and oxygen atoms in total. The Morgan fingerprint density at radius 1 is 1.10 bits per heavy atom. The van der Waals surface area contributed by atoms with Crippen LogP contribution in [0.5, 0.6) is 5.75 Å². The molecule has 0 saturated carbocycles. The molecule has 0 heterocycles. The lowest BCUT2D eigenvalue weighted by Gasteiger charge is -2.28. The molecule has 0 radical (unpaired) electrons. The molecule has 112 valence electrons. The predicted molar refractivity (Wildman–Crippen MR) is 90.9 cm³/mol. The number of rotatable bonds is 4. The molecule has 0 saturated heterocycles. The lowest BCUT2D eigenvalue weighted by Crippen LogP contribution is -2.18. The molecule has 0 aliphatic heterocycles. The molecule has 0 aliphatic rings. The molecule has 0 spiro atoms. The van der Waals surface area contributed by atoms with Crippen LogP contribution in [0.15, 0.2) is 42.5 Å². The summed E-state index contributed by atoms with van der Waals surface area (Å²) in [7, 11) is 0.473. The Hall–Kier alpha value is -1.37. The molecular formula is C18H23O2P. The lowest BCUT2D eigenvalue weighted by atomic mass is 10.0. The smallest absolute Gasteiger partial charge is 0.119 e. The number of phenolic OH excluding ortho intramolecular Hbond substituents is 1. The molecule has 3 heteroatoms. The molecule has 0 bridgehead atoms. The van der Waals surface area contributed by atoms with Gasteiger partial charge in [-0.05, 0) is 30.8 Å². The van der Waals surface area contributed by atoms with Crippen molar-refractivity contribution in [1.82, 2.24) is 0 Å². The van der Waals surface area contributed by atoms with Crippen LogP contribution in [-0.4, -0.2) is 10.2 Å². The minimum absolute atomic E-state index is 0.176. The zero-order valence-corrected chi connectivity index (χ0v) is 14.0. The zero-order valence-electron chi connectivity index (χ0n) is 13.0. The van der Waals surface area contributed by atoms with Crippen molar-refractivity contribution in [2.24, 2.45) is 0 Å². The van der Waals surface area contributed by atoms with Gasteiger partial charge < -0.3 is 10.2 Å². The Kier molecular flexibility index (Phi) is 4.70. The Morgan fingerprint density at radius 2 is 1.76 bits per heavy atom. The minimum Gasteiger partial charge on any atom is -0.508 e. The quantitative estimate of drug-likeness (QED) is 0.838. The van der Waals surface area contributed by atoms with Gasteiger partial charge in [0.2, 0.25) is 0 Å². The molecule has 2 rings (SSSR count). The molecule has 2 N–H and O–H groups in total. The molecule has 0 aromatic heterocycles. The van der Waals surface area contributed by atoms with Crippen molar-refractivity contribution >= 4 is 13.9 Å². The number of para-hydroxylation sites is 1. The number of aliphatic hydroxyl groups is 1. The van der Waals surface area contributed by atoms with E-state index < -0.39 is 6.10 Å². The predicted octanol–water partition coefficient (Wildman–Crippen LogP) is 3.99. The van der Waals surface area contributed by atoms with E-state index in [2.05, 4.69) is 26.0 Å². The highest BCUT2D eigenvalue weighted by atomic mass is 31.1. The highest BCUT2D eigenvalue weighted by Crippen LogP contribution is 2.44. The maximum absolute atomic E-state index is 10.1. The van der Waals surface area contributed by atoms with Gasteiger partial charge in [0.1, 0.15) is 5.75 Å². The normalized spacial score (nSPS) is 13.8. The van der Waals surface area contributed by atoms with Crippen LogP contribution >= 0.6 is 8.58 Å². The van der Waals surface area contributed by atoms with Crippen molar-refractivity contribution in [2.75, 3.05) is 0 Å². The Balaban J connectivity index is 2.39. The zero-order chi connectivity index (χ0) is 15.6. The van der Waals surface area contributed by atoms with E-state index in [1.807, 2.05) is 31.2 Å². The molecule has 0 aliphatic carbocycles. The van der Waals surface area contributed by atoms with Crippen LogP contribution in [-0.2, 0) is 5.16 Å². The van der Waals surface area contributed by atoms with Gasteiger partial charge in [0.15, 0.2) is 0 Å². The van der Waals surface area contributed by atoms with Gasteiger partial charge in [-0.1, -0.05) is 64.4 Å². The van der Waals surface area contributed by atoms with E-state index in [1.165, 1.54) is 0 Å². The first-order valence-electron chi connectivity index (χ1n) is 7.16. The largest absolute Gasteiger partial charge is 0.508 e. The van der Waals surface area contributed by atoms with Crippen molar-refractivity contribution in [2.45, 2.75) is 39.0 Å². The second-order valence-electron chi connectivity index (χ2n) is 6.03. The first-order valence-corrected chi connectivity index (χ1v) is 8.16. The van der Waals surface area contributed by atoms with Crippen LogP contribution in [0.3, 0.4) is 0 Å². The maximum Gasteiger partial charge on any atom is 0.119 e. The van der Waals surface area contributed by atoms with E-state index in [0.717, 1.165) is 22.0 Å². The second kappa shape index (κ2) is 6.17. The lowest BCUT2D eigenvalue weighted by molar-refractivity contribution is 0.200. The third-order valence-electron chi connectivity index (χ3n) is 3.68. The van der Waals surface area contributed by atoms with E-state index in [1.54, 1.807) is 13.0 Å². The summed E-state index contributed by atoms with van der Waals surface area (Å²) in [6, 6.07) is 13.7. The van der Waals surface area contributed by atoms with E-state index in [0.29, 0.717) is 14.3 Å². The number of hydrogen-bond acceptors (Lipinski definition) is 2. The molecule has 2 unspecified atom stereocenters. The Morgan fingerprint density at radius 3 is 2.38 bits per heavy atom. The van der Waals surface area contributed by atoms with Crippen molar-refractivity contribution in [3.8, 4) is 5.75 Å². The number of aliphatic hydroxyl groups excluding tert-OH is 1. The summed E-state index contributed by atoms with van der Waals surface area (Å²) < 4.78 is 0. The number of benzene rings is 2. The third-order valence-corrected chi connectivity index (χ3v) is 5.30. The van der Waals surface area contributed by atoms with Crippen LogP contribution in [0.25, 0.3) is 0 Å². The average Bonchev–Trinajstić information content (AvgIpc) is 2.40. The van der Waals surface area contributed by atoms with E-state index in [4.69, 9.17) is 0 Å². The molecular weight excluding hydrogens is 279 g/mol. The summed E-state index contributed by atoms with van der Waals surface area (Å²) in [6.45, 7) is 8.10. The van der Waals surface area contributed by atoms with Gasteiger partial charge in [0.05, 0.1) is 6.10 Å². The van der Waals surface area contributed by atoms with Gasteiger partial charge in [0, 0.05) is 10.7 Å². The van der Waals surface area contributed by atoms with Crippen molar-refractivity contribution < 1.29 is 10.2 Å². The number of aromatic hydroxyl groups is 1. The van der Waals surface area contributed by atoms with Gasteiger partial charge >= 0.3 is 0 Å². The van der Waals surface area contributed by atoms with E-state index in [9.17, 15) is 10.2 Å². The van der Waals surface area contributed by atoms with Gasteiger partial charge in [-0.25, -0.2) is 0 Å². The van der Waals surface area contributed by atoms with Gasteiger partial charge in [-0.3, -0.25) is 0 Å². The number of aryl methyl sites for hydroxylation is 1.